The van der Waals surface area contributed by atoms with Gasteiger partial charge in [0.15, 0.2) is 37.0 Å². The summed E-state index contributed by atoms with van der Waals surface area (Å²) in [6.45, 7) is 8.47. The first-order valence-electron chi connectivity index (χ1n) is 20.6. The average Bonchev–Trinajstić information content (AvgIpc) is 3.16. The summed E-state index contributed by atoms with van der Waals surface area (Å²) in [7, 11) is 0. The Morgan fingerprint density at radius 3 is 1.90 bits per heavy atom. The number of hydrogen-bond donors (Lipinski definition) is 4. The van der Waals surface area contributed by atoms with Crippen molar-refractivity contribution >= 4 is 41.7 Å². The summed E-state index contributed by atoms with van der Waals surface area (Å²) in [6.07, 6.45) is -11.7. The van der Waals surface area contributed by atoms with Gasteiger partial charge in [0.2, 0.25) is 5.91 Å². The maximum Gasteiger partial charge on any atom is 0.332 e. The summed E-state index contributed by atoms with van der Waals surface area (Å²) in [5.41, 5.74) is 0. The van der Waals surface area contributed by atoms with Gasteiger partial charge in [-0.1, -0.05) is 45.4 Å². The Kier molecular flexibility index (Phi) is 18.1. The molecule has 2 aliphatic carbocycles. The highest BCUT2D eigenvalue weighted by molar-refractivity contribution is 5.74. The highest BCUT2D eigenvalue weighted by Crippen LogP contribution is 2.41. The summed E-state index contributed by atoms with van der Waals surface area (Å²) in [4.78, 5) is 86.8. The largest absolute Gasteiger partial charge is 0.481 e. The van der Waals surface area contributed by atoms with Crippen molar-refractivity contribution in [2.24, 2.45) is 17.8 Å². The third-order valence-electron chi connectivity index (χ3n) is 11.4. The Balaban J connectivity index is 1.76. The minimum Gasteiger partial charge on any atom is -0.481 e. The third-order valence-corrected chi connectivity index (χ3v) is 11.4. The second-order valence-corrected chi connectivity index (χ2v) is 16.1. The first-order valence-corrected chi connectivity index (χ1v) is 20.6. The lowest BCUT2D eigenvalue weighted by atomic mass is 9.76. The molecule has 20 heteroatoms. The maximum atomic E-state index is 12.8. The number of amides is 1. The van der Waals surface area contributed by atoms with E-state index in [0.29, 0.717) is 6.42 Å². The lowest BCUT2D eigenvalue weighted by molar-refractivity contribution is -0.340. The number of ether oxygens (including phenoxy) is 9. The lowest BCUT2D eigenvalue weighted by Crippen LogP contribution is -2.67. The predicted molar refractivity (Wildman–Crippen MR) is 201 cm³/mol. The number of esters is 4. The van der Waals surface area contributed by atoms with Gasteiger partial charge in [-0.25, -0.2) is 4.79 Å². The van der Waals surface area contributed by atoms with Crippen LogP contribution in [-0.2, 0) is 76.2 Å². The van der Waals surface area contributed by atoms with E-state index in [1.165, 1.54) is 13.8 Å². The molecule has 4 aliphatic rings. The van der Waals surface area contributed by atoms with Crippen molar-refractivity contribution in [3.05, 3.63) is 0 Å². The maximum absolute atomic E-state index is 12.8. The fraction of sp³-hybridized carbons (Fsp3) is 0.825. The molecule has 0 aromatic heterocycles. The number of carboxylic acids is 2. The zero-order chi connectivity index (χ0) is 44.4. The van der Waals surface area contributed by atoms with Crippen molar-refractivity contribution in [2.45, 2.75) is 186 Å². The zero-order valence-electron chi connectivity index (χ0n) is 35.2. The molecule has 1 amide bonds. The molecule has 0 spiro atoms. The number of aliphatic hydroxyl groups is 1. The lowest BCUT2D eigenvalue weighted by Gasteiger charge is -2.49. The number of carbonyl (C=O) groups excluding carboxylic acids is 5. The Morgan fingerprint density at radius 1 is 0.733 bits per heavy atom. The van der Waals surface area contributed by atoms with Gasteiger partial charge in [-0.3, -0.25) is 28.8 Å². The van der Waals surface area contributed by atoms with E-state index in [9.17, 15) is 48.9 Å². The number of aliphatic carboxylic acids is 2. The van der Waals surface area contributed by atoms with E-state index in [-0.39, 0.29) is 25.2 Å². The number of nitrogens with one attached hydrogen (secondary N) is 1. The summed E-state index contributed by atoms with van der Waals surface area (Å²) < 4.78 is 53.5. The SMILES string of the molecule is CCC1CC(C(=O)O)C[C@@H](O[C@@H]2O[C@@H](COC(C)=O)[C@H](O)C(O[C@@H](CC3CCCCC3)C(=O)O)C2NC(C)=O)C1OC1O[C@@H](C)C(OC(C)=O)[C@H](OC(C)=O)[C@@H]1OC(C)=O. The van der Waals surface area contributed by atoms with Gasteiger partial charge in [0, 0.05) is 34.6 Å². The normalized spacial score (nSPS) is 35.3. The summed E-state index contributed by atoms with van der Waals surface area (Å²) in [6, 6.07) is -1.40. The van der Waals surface area contributed by atoms with Crippen LogP contribution in [0.3, 0.4) is 0 Å². The van der Waals surface area contributed by atoms with Crippen molar-refractivity contribution in [2.75, 3.05) is 6.61 Å². The molecule has 4 fully saturated rings. The predicted octanol–water partition coefficient (Wildman–Crippen LogP) is 1.78. The van der Waals surface area contributed by atoms with E-state index in [1.54, 1.807) is 6.92 Å². The van der Waals surface area contributed by atoms with Crippen LogP contribution in [0.4, 0.5) is 0 Å². The molecule has 0 aromatic carbocycles. The number of hydrogen-bond acceptors (Lipinski definition) is 17. The molecule has 2 saturated heterocycles. The molecule has 4 N–H and O–H groups in total. The number of carboxylic acid groups (broad SMARTS) is 2. The van der Waals surface area contributed by atoms with Crippen molar-refractivity contribution in [1.82, 2.24) is 5.32 Å². The van der Waals surface area contributed by atoms with Crippen LogP contribution in [0.1, 0.15) is 106 Å². The van der Waals surface area contributed by atoms with E-state index < -0.39 is 140 Å². The van der Waals surface area contributed by atoms with Crippen molar-refractivity contribution < 1.29 is 91.5 Å². The number of aliphatic hydroxyl groups excluding tert-OH is 1. The Hall–Kier alpha value is -3.95. The van der Waals surface area contributed by atoms with Gasteiger partial charge in [0.05, 0.1) is 24.2 Å². The molecule has 340 valence electrons. The van der Waals surface area contributed by atoms with Crippen molar-refractivity contribution in [3.8, 4) is 0 Å². The third kappa shape index (κ3) is 13.3. The monoisotopic (exact) mass is 859 g/mol. The summed E-state index contributed by atoms with van der Waals surface area (Å²) in [5, 5.41) is 34.9. The van der Waals surface area contributed by atoms with Crippen LogP contribution >= 0.6 is 0 Å². The standard InChI is InChI=1S/C40H61NO19/c1-8-25-15-26(37(48)49)16-27(33(25)60-40-36(56-23(7)46)35(55-22(6)45)32(18(2)53-40)54-21(5)44)58-39-30(41-19(3)42)34(31(47)29(59-39)17-52-20(4)43)57-28(38(50)51)14-24-12-10-9-11-13-24/h18,24-36,39-40,47H,8-17H2,1-7H3,(H,41,42)(H,48,49)(H,50,51)/t18-,25?,26?,27+,28-,29-,30?,31-,32?,33?,34?,35-,36-,39+,40?/m0/s1. The molecule has 15 atom stereocenters. The van der Waals surface area contributed by atoms with Gasteiger partial charge >= 0.3 is 35.8 Å². The Morgan fingerprint density at radius 2 is 1.35 bits per heavy atom. The molecule has 0 bridgehead atoms. The summed E-state index contributed by atoms with van der Waals surface area (Å²) in [5.74, 6) is -7.65. The fourth-order valence-corrected chi connectivity index (χ4v) is 8.70. The van der Waals surface area contributed by atoms with Crippen LogP contribution in [0, 0.1) is 17.8 Å². The molecule has 2 saturated carbocycles. The molecule has 2 heterocycles. The smallest absolute Gasteiger partial charge is 0.332 e. The molecule has 0 radical (unpaired) electrons. The van der Waals surface area contributed by atoms with Gasteiger partial charge in [0.25, 0.3) is 0 Å². The number of rotatable bonds is 17. The van der Waals surface area contributed by atoms with Gasteiger partial charge in [-0.15, -0.1) is 0 Å². The minimum absolute atomic E-state index is 0.0318. The van der Waals surface area contributed by atoms with E-state index in [0.717, 1.165) is 59.8 Å². The van der Waals surface area contributed by atoms with Gasteiger partial charge in [-0.2, -0.15) is 0 Å². The van der Waals surface area contributed by atoms with E-state index in [1.807, 2.05) is 0 Å². The topological polar surface area (TPSA) is 275 Å². The quantitative estimate of drug-likeness (QED) is 0.120. The van der Waals surface area contributed by atoms with E-state index in [2.05, 4.69) is 5.32 Å². The van der Waals surface area contributed by atoms with E-state index >= 15 is 0 Å². The van der Waals surface area contributed by atoms with Crippen LogP contribution in [0.15, 0.2) is 0 Å². The minimum atomic E-state index is -1.66. The molecule has 4 rings (SSSR count). The van der Waals surface area contributed by atoms with E-state index in [4.69, 9.17) is 42.6 Å². The molecule has 20 nitrogen and oxygen atoms in total. The van der Waals surface area contributed by atoms with Crippen LogP contribution < -0.4 is 5.32 Å². The Bertz CT molecular complexity index is 1520. The van der Waals surface area contributed by atoms with Gasteiger partial charge in [0.1, 0.15) is 31.0 Å². The van der Waals surface area contributed by atoms with Crippen LogP contribution in [0.2, 0.25) is 0 Å². The molecule has 60 heavy (non-hydrogen) atoms. The second-order valence-electron chi connectivity index (χ2n) is 16.1. The van der Waals surface area contributed by atoms with Crippen molar-refractivity contribution in [3.63, 3.8) is 0 Å². The molecule has 2 aliphatic heterocycles. The molecule has 0 aromatic rings. The van der Waals surface area contributed by atoms with Crippen LogP contribution in [0.25, 0.3) is 0 Å². The Labute approximate surface area is 348 Å². The first kappa shape index (κ1) is 48.7. The molecular formula is C40H61NO19. The molecular weight excluding hydrogens is 798 g/mol. The zero-order valence-corrected chi connectivity index (χ0v) is 35.2. The highest BCUT2D eigenvalue weighted by Gasteiger charge is 2.55. The van der Waals surface area contributed by atoms with Gasteiger partial charge in [-0.05, 0) is 38.0 Å². The van der Waals surface area contributed by atoms with Gasteiger partial charge < -0.3 is 63.3 Å². The molecule has 7 unspecified atom stereocenters. The highest BCUT2D eigenvalue weighted by atomic mass is 16.8. The van der Waals surface area contributed by atoms with Crippen LogP contribution in [0.5, 0.6) is 0 Å². The number of carbonyl (C=O) groups is 7. The van der Waals surface area contributed by atoms with Crippen molar-refractivity contribution in [1.29, 1.82) is 0 Å². The fourth-order valence-electron chi connectivity index (χ4n) is 8.70. The van der Waals surface area contributed by atoms with Crippen LogP contribution in [-0.4, -0.2) is 143 Å². The summed E-state index contributed by atoms with van der Waals surface area (Å²) >= 11 is 0. The first-order chi connectivity index (χ1) is 28.3. The second kappa shape index (κ2) is 22.2. The average molecular weight is 860 g/mol.